The molecule has 0 amide bonds. The van der Waals surface area contributed by atoms with E-state index in [1.807, 2.05) is 25.1 Å². The smallest absolute Gasteiger partial charge is 0.0845 e. The fourth-order valence-corrected chi connectivity index (χ4v) is 2.47. The van der Waals surface area contributed by atoms with Crippen LogP contribution in [0.3, 0.4) is 0 Å². The lowest BCUT2D eigenvalue weighted by molar-refractivity contribution is 0.0269. The van der Waals surface area contributed by atoms with Crippen molar-refractivity contribution in [2.45, 2.75) is 44.3 Å². The summed E-state index contributed by atoms with van der Waals surface area (Å²) in [6.45, 7) is 8.49. The number of ether oxygens (including phenoxy) is 1. The predicted molar refractivity (Wildman–Crippen MR) is 74.8 cm³/mol. The minimum atomic E-state index is -1.62. The number of benzene rings is 1. The van der Waals surface area contributed by atoms with Gasteiger partial charge in [0.25, 0.3) is 0 Å². The summed E-state index contributed by atoms with van der Waals surface area (Å²) < 4.78 is 5.53. The van der Waals surface area contributed by atoms with Crippen LogP contribution in [0.4, 0.5) is 0 Å². The van der Waals surface area contributed by atoms with Crippen LogP contribution in [0.25, 0.3) is 0 Å². The average molecular weight is 252 g/mol. The van der Waals surface area contributed by atoms with E-state index in [4.69, 9.17) is 4.74 Å². The van der Waals surface area contributed by atoms with Crippen molar-refractivity contribution in [3.8, 4) is 0 Å². The second-order valence-electron chi connectivity index (χ2n) is 5.86. The Morgan fingerprint density at radius 3 is 2.18 bits per heavy atom. The molecule has 0 unspecified atom stereocenters. The lowest BCUT2D eigenvalue weighted by Gasteiger charge is -2.38. The maximum absolute atomic E-state index is 10.6. The third kappa shape index (κ3) is 3.66. The van der Waals surface area contributed by atoms with E-state index in [-0.39, 0.29) is 6.10 Å². The van der Waals surface area contributed by atoms with Crippen molar-refractivity contribution in [1.82, 2.24) is 0 Å². The molecule has 3 heteroatoms. The molecular weight excluding hydrogens is 228 g/mol. The van der Waals surface area contributed by atoms with E-state index >= 15 is 0 Å². The molecule has 2 atom stereocenters. The second kappa shape index (κ2) is 5.34. The first kappa shape index (κ1) is 14.4. The van der Waals surface area contributed by atoms with Gasteiger partial charge in [0.2, 0.25) is 0 Å². The normalized spacial score (nSPS) is 17.5. The zero-order valence-electron chi connectivity index (χ0n) is 11.5. The average Bonchev–Trinajstić information content (AvgIpc) is 2.25. The van der Waals surface area contributed by atoms with Crippen LogP contribution < -0.4 is 0 Å². The van der Waals surface area contributed by atoms with Crippen molar-refractivity contribution in [3.05, 3.63) is 35.9 Å². The molecule has 0 radical (unpaired) electrons. The summed E-state index contributed by atoms with van der Waals surface area (Å²) in [4.78, 5) is 0. The van der Waals surface area contributed by atoms with Gasteiger partial charge >= 0.3 is 0 Å². The highest BCUT2D eigenvalue weighted by molar-refractivity contribution is 6.78. The van der Waals surface area contributed by atoms with Crippen LogP contribution in [0, 0.1) is 0 Å². The zero-order chi connectivity index (χ0) is 13.1. The minimum Gasteiger partial charge on any atom is -0.394 e. The Morgan fingerprint density at radius 1 is 1.24 bits per heavy atom. The molecule has 0 fully saturated rings. The fraction of sp³-hybridized carbons (Fsp3) is 0.571. The van der Waals surface area contributed by atoms with Crippen molar-refractivity contribution in [1.29, 1.82) is 0 Å². The number of aliphatic hydroxyl groups is 1. The Balaban J connectivity index is 2.85. The summed E-state index contributed by atoms with van der Waals surface area (Å²) in [5, 5.41) is 9.97. The fourth-order valence-electron chi connectivity index (χ4n) is 1.67. The molecule has 0 heterocycles. The Labute approximate surface area is 106 Å². The van der Waals surface area contributed by atoms with Crippen LogP contribution >= 0.6 is 0 Å². The highest BCUT2D eigenvalue weighted by atomic mass is 28.3. The Kier molecular flexibility index (Phi) is 4.53. The van der Waals surface area contributed by atoms with Gasteiger partial charge in [0.05, 0.1) is 19.4 Å². The summed E-state index contributed by atoms with van der Waals surface area (Å²) >= 11 is 0. The standard InChI is InChI=1S/C14H24O2Si/c1-14(15,17(3,4)5)11-13(16-2)12-9-7-6-8-10-12/h6-10,13,15H,11H2,1-5H3/t13-,14-/m0/s1. The van der Waals surface area contributed by atoms with E-state index < -0.39 is 13.3 Å². The lowest BCUT2D eigenvalue weighted by atomic mass is 10.0. The molecule has 1 rings (SSSR count). The summed E-state index contributed by atoms with van der Waals surface area (Å²) in [5.74, 6) is 0. The third-order valence-corrected chi connectivity index (χ3v) is 7.09. The van der Waals surface area contributed by atoms with Gasteiger partial charge in [-0.25, -0.2) is 0 Å². The summed E-state index contributed by atoms with van der Waals surface area (Å²) in [6, 6.07) is 10.1. The number of rotatable bonds is 5. The van der Waals surface area contributed by atoms with Gasteiger partial charge in [0, 0.05) is 13.5 Å². The zero-order valence-corrected chi connectivity index (χ0v) is 12.5. The van der Waals surface area contributed by atoms with Gasteiger partial charge in [-0.1, -0.05) is 50.0 Å². The third-order valence-electron chi connectivity index (χ3n) is 3.65. The number of methoxy groups -OCH3 is 1. The van der Waals surface area contributed by atoms with E-state index in [0.717, 1.165) is 5.56 Å². The van der Waals surface area contributed by atoms with Gasteiger partial charge < -0.3 is 9.84 Å². The van der Waals surface area contributed by atoms with E-state index in [2.05, 4.69) is 31.8 Å². The maximum atomic E-state index is 10.6. The Bertz CT molecular complexity index is 341. The first-order chi connectivity index (χ1) is 7.78. The van der Waals surface area contributed by atoms with Crippen LogP contribution in [0.5, 0.6) is 0 Å². The molecule has 0 aliphatic carbocycles. The van der Waals surface area contributed by atoms with Crippen molar-refractivity contribution in [2.24, 2.45) is 0 Å². The van der Waals surface area contributed by atoms with Gasteiger partial charge in [0.15, 0.2) is 0 Å². The van der Waals surface area contributed by atoms with Crippen LogP contribution in [-0.4, -0.2) is 25.5 Å². The molecule has 96 valence electrons. The molecule has 0 bridgehead atoms. The molecule has 0 aliphatic heterocycles. The Morgan fingerprint density at radius 2 is 1.76 bits per heavy atom. The van der Waals surface area contributed by atoms with E-state index in [0.29, 0.717) is 6.42 Å². The minimum absolute atomic E-state index is 0.0297. The molecule has 17 heavy (non-hydrogen) atoms. The maximum Gasteiger partial charge on any atom is 0.0845 e. The van der Waals surface area contributed by atoms with Crippen molar-refractivity contribution < 1.29 is 9.84 Å². The van der Waals surface area contributed by atoms with Crippen molar-refractivity contribution in [3.63, 3.8) is 0 Å². The number of hydrogen-bond donors (Lipinski definition) is 1. The van der Waals surface area contributed by atoms with Crippen LogP contribution in [-0.2, 0) is 4.74 Å². The Hall–Kier alpha value is -0.643. The molecule has 0 saturated carbocycles. The molecule has 0 spiro atoms. The summed E-state index contributed by atoms with van der Waals surface area (Å²) in [6.07, 6.45) is 0.626. The molecule has 1 aromatic carbocycles. The first-order valence-corrected chi connectivity index (χ1v) is 9.58. The highest BCUT2D eigenvalue weighted by Crippen LogP contribution is 2.32. The predicted octanol–water partition coefficient (Wildman–Crippen LogP) is 3.39. The quantitative estimate of drug-likeness (QED) is 0.814. The van der Waals surface area contributed by atoms with Gasteiger partial charge in [-0.05, 0) is 12.5 Å². The summed E-state index contributed by atoms with van der Waals surface area (Å²) in [7, 11) is 0.0851. The largest absolute Gasteiger partial charge is 0.394 e. The van der Waals surface area contributed by atoms with Gasteiger partial charge in [-0.2, -0.15) is 0 Å². The van der Waals surface area contributed by atoms with Gasteiger partial charge in [0.1, 0.15) is 0 Å². The monoisotopic (exact) mass is 252 g/mol. The van der Waals surface area contributed by atoms with Gasteiger partial charge in [-0.15, -0.1) is 0 Å². The molecule has 1 N–H and O–H groups in total. The molecule has 0 aromatic heterocycles. The van der Waals surface area contributed by atoms with E-state index in [9.17, 15) is 5.11 Å². The SMILES string of the molecule is CO[C@@H](C[C@@](C)(O)[Si](C)(C)C)c1ccccc1. The molecule has 2 nitrogen and oxygen atoms in total. The number of hydrogen-bond acceptors (Lipinski definition) is 2. The lowest BCUT2D eigenvalue weighted by Crippen LogP contribution is -2.50. The molecule has 1 aromatic rings. The van der Waals surface area contributed by atoms with E-state index in [1.165, 1.54) is 0 Å². The topological polar surface area (TPSA) is 29.5 Å². The van der Waals surface area contributed by atoms with Crippen molar-refractivity contribution >= 4 is 8.07 Å². The molecular formula is C14H24O2Si. The second-order valence-corrected chi connectivity index (χ2v) is 11.4. The summed E-state index contributed by atoms with van der Waals surface area (Å²) in [5.41, 5.74) is 1.13. The van der Waals surface area contributed by atoms with Crippen LogP contribution in [0.2, 0.25) is 19.6 Å². The van der Waals surface area contributed by atoms with E-state index in [1.54, 1.807) is 7.11 Å². The molecule has 0 aliphatic rings. The highest BCUT2D eigenvalue weighted by Gasteiger charge is 2.39. The van der Waals surface area contributed by atoms with Crippen LogP contribution in [0.1, 0.15) is 25.0 Å². The molecule has 0 saturated heterocycles. The van der Waals surface area contributed by atoms with Crippen LogP contribution in [0.15, 0.2) is 30.3 Å². The van der Waals surface area contributed by atoms with Gasteiger partial charge in [-0.3, -0.25) is 0 Å². The first-order valence-electron chi connectivity index (χ1n) is 6.08. The van der Waals surface area contributed by atoms with Crippen molar-refractivity contribution in [2.75, 3.05) is 7.11 Å².